The molecule has 0 aliphatic heterocycles. The first kappa shape index (κ1) is 15.7. The molecule has 0 radical (unpaired) electrons. The zero-order chi connectivity index (χ0) is 14.0. The Labute approximate surface area is 115 Å². The molecule has 0 saturated heterocycles. The third-order valence-electron chi connectivity index (χ3n) is 4.55. The van der Waals surface area contributed by atoms with Gasteiger partial charge < -0.3 is 4.43 Å². The molecule has 0 N–H and O–H groups in total. The molecule has 0 heterocycles. The van der Waals surface area contributed by atoms with Crippen molar-refractivity contribution in [1.82, 2.24) is 0 Å². The van der Waals surface area contributed by atoms with Gasteiger partial charge in [0.1, 0.15) is 7.59 Å². The van der Waals surface area contributed by atoms with Gasteiger partial charge >= 0.3 is 0 Å². The van der Waals surface area contributed by atoms with Gasteiger partial charge in [0.15, 0.2) is 7.83 Å². The largest absolute Gasteiger partial charge is 0.419 e. The molecule has 1 rings (SSSR count). The molecule has 0 aromatic heterocycles. The van der Waals surface area contributed by atoms with Gasteiger partial charge in [-0.3, -0.25) is 0 Å². The molecule has 0 fully saturated rings. The number of hydrogen-bond acceptors (Lipinski definition) is 1. The van der Waals surface area contributed by atoms with Crippen molar-refractivity contribution in [3.8, 4) is 0 Å². The lowest BCUT2D eigenvalue weighted by Gasteiger charge is -2.49. The first-order valence-electron chi connectivity index (χ1n) is 6.86. The van der Waals surface area contributed by atoms with Crippen molar-refractivity contribution < 1.29 is 4.43 Å². The summed E-state index contributed by atoms with van der Waals surface area (Å²) in [6.07, 6.45) is 0. The summed E-state index contributed by atoms with van der Waals surface area (Å²) < 4.78 is 6.41. The summed E-state index contributed by atoms with van der Waals surface area (Å²) in [5, 5.41) is 1.80. The van der Waals surface area contributed by atoms with Gasteiger partial charge in [-0.05, 0) is 18.5 Å². The molecule has 1 nitrogen and oxygen atoms in total. The van der Waals surface area contributed by atoms with Crippen LogP contribution in [0, 0.1) is 0 Å². The molecule has 0 spiro atoms. The molecule has 1 unspecified atom stereocenters. The monoisotopic (exact) mass is 280 g/mol. The standard InChI is InChI=1S/C15H28OSi2/c1-8-16-18(7,15(2,3)4)17(5,6)14-12-10-9-11-13-14/h9-13H,8H2,1-7H3. The molecule has 0 aliphatic carbocycles. The second-order valence-corrected chi connectivity index (χ2v) is 21.0. The van der Waals surface area contributed by atoms with Crippen LogP contribution in [0.1, 0.15) is 27.7 Å². The molecule has 3 heteroatoms. The Morgan fingerprint density at radius 2 is 1.50 bits per heavy atom. The van der Waals surface area contributed by atoms with Crippen molar-refractivity contribution >= 4 is 20.6 Å². The normalized spacial score (nSPS) is 16.4. The third-order valence-corrected chi connectivity index (χ3v) is 23.1. The van der Waals surface area contributed by atoms with Crippen LogP contribution in [-0.4, -0.2) is 22.0 Å². The van der Waals surface area contributed by atoms with E-state index in [4.69, 9.17) is 4.43 Å². The highest BCUT2D eigenvalue weighted by Gasteiger charge is 2.55. The Bertz CT molecular complexity index is 381. The highest BCUT2D eigenvalue weighted by molar-refractivity contribution is 7.44. The maximum atomic E-state index is 6.41. The van der Waals surface area contributed by atoms with Crippen molar-refractivity contribution in [1.29, 1.82) is 0 Å². The van der Waals surface area contributed by atoms with Gasteiger partial charge in [-0.1, -0.05) is 69.4 Å². The van der Waals surface area contributed by atoms with Crippen LogP contribution < -0.4 is 5.19 Å². The van der Waals surface area contributed by atoms with Gasteiger partial charge in [0, 0.05) is 6.61 Å². The van der Waals surface area contributed by atoms with Gasteiger partial charge in [-0.25, -0.2) is 0 Å². The SMILES string of the molecule is CCO[Si](C)(C(C)(C)C)[Si](C)(C)c1ccccc1. The van der Waals surface area contributed by atoms with Crippen molar-refractivity contribution in [2.24, 2.45) is 0 Å². The van der Waals surface area contributed by atoms with Crippen LogP contribution in [0.3, 0.4) is 0 Å². The fourth-order valence-electron chi connectivity index (χ4n) is 2.75. The quantitative estimate of drug-likeness (QED) is 0.755. The molecule has 0 bridgehead atoms. The van der Waals surface area contributed by atoms with E-state index in [1.807, 2.05) is 0 Å². The minimum absolute atomic E-state index is 0.272. The second kappa shape index (κ2) is 5.31. The lowest BCUT2D eigenvalue weighted by Crippen LogP contribution is -2.70. The number of hydrogen-bond donors (Lipinski definition) is 0. The molecule has 1 aromatic carbocycles. The van der Waals surface area contributed by atoms with Gasteiger partial charge in [-0.2, -0.15) is 0 Å². The van der Waals surface area contributed by atoms with E-state index < -0.39 is 15.4 Å². The minimum Gasteiger partial charge on any atom is -0.419 e. The summed E-state index contributed by atoms with van der Waals surface area (Å²) in [5.74, 6) is 0. The van der Waals surface area contributed by atoms with Crippen LogP contribution in [0.4, 0.5) is 0 Å². The highest BCUT2D eigenvalue weighted by Crippen LogP contribution is 2.42. The second-order valence-electron chi connectivity index (χ2n) is 6.71. The average Bonchev–Trinajstić information content (AvgIpc) is 2.28. The molecule has 1 atom stereocenters. The van der Waals surface area contributed by atoms with E-state index in [0.717, 1.165) is 6.61 Å². The topological polar surface area (TPSA) is 9.23 Å². The van der Waals surface area contributed by atoms with Crippen molar-refractivity contribution in [3.63, 3.8) is 0 Å². The van der Waals surface area contributed by atoms with Crippen LogP contribution in [0.25, 0.3) is 0 Å². The lowest BCUT2D eigenvalue weighted by molar-refractivity contribution is 0.317. The lowest BCUT2D eigenvalue weighted by atomic mass is 10.3. The van der Waals surface area contributed by atoms with E-state index in [9.17, 15) is 0 Å². The molecular formula is C15H28OSi2. The Hall–Kier alpha value is -0.386. The molecule has 18 heavy (non-hydrogen) atoms. The summed E-state index contributed by atoms with van der Waals surface area (Å²) in [6, 6.07) is 11.0. The van der Waals surface area contributed by atoms with E-state index in [0.29, 0.717) is 0 Å². The Balaban J connectivity index is 3.29. The van der Waals surface area contributed by atoms with E-state index in [-0.39, 0.29) is 5.04 Å². The average molecular weight is 281 g/mol. The summed E-state index contributed by atoms with van der Waals surface area (Å²) in [4.78, 5) is 0. The van der Waals surface area contributed by atoms with Gasteiger partial charge in [0.25, 0.3) is 0 Å². The van der Waals surface area contributed by atoms with Crippen LogP contribution in [0.5, 0.6) is 0 Å². The third kappa shape index (κ3) is 2.63. The summed E-state index contributed by atoms with van der Waals surface area (Å²) in [6.45, 7) is 17.4. The van der Waals surface area contributed by atoms with Gasteiger partial charge in [0.2, 0.25) is 0 Å². The highest BCUT2D eigenvalue weighted by atomic mass is 29.3. The number of benzene rings is 1. The molecular weight excluding hydrogens is 252 g/mol. The van der Waals surface area contributed by atoms with E-state index >= 15 is 0 Å². The Morgan fingerprint density at radius 3 is 1.89 bits per heavy atom. The Kier molecular flexibility index (Phi) is 4.62. The number of rotatable bonds is 4. The zero-order valence-corrected chi connectivity index (χ0v) is 15.0. The maximum Gasteiger partial charge on any atom is 0.187 e. The first-order valence-corrected chi connectivity index (χ1v) is 13.3. The first-order chi connectivity index (χ1) is 8.17. The maximum absolute atomic E-state index is 6.41. The van der Waals surface area contributed by atoms with Gasteiger partial charge in [0.05, 0.1) is 0 Å². The van der Waals surface area contributed by atoms with Crippen LogP contribution in [0.15, 0.2) is 30.3 Å². The van der Waals surface area contributed by atoms with Gasteiger partial charge in [-0.15, -0.1) is 0 Å². The summed E-state index contributed by atoms with van der Waals surface area (Å²) in [7, 11) is -3.35. The molecule has 0 amide bonds. The molecule has 1 aromatic rings. The Morgan fingerprint density at radius 1 is 1.00 bits per heavy atom. The van der Waals surface area contributed by atoms with Crippen molar-refractivity contribution in [3.05, 3.63) is 30.3 Å². The zero-order valence-electron chi connectivity index (χ0n) is 13.0. The smallest absolute Gasteiger partial charge is 0.187 e. The van der Waals surface area contributed by atoms with E-state index in [1.54, 1.807) is 0 Å². The predicted octanol–water partition coefficient (Wildman–Crippen LogP) is 4.09. The van der Waals surface area contributed by atoms with E-state index in [2.05, 4.69) is 77.7 Å². The predicted molar refractivity (Wildman–Crippen MR) is 86.5 cm³/mol. The summed E-state index contributed by atoms with van der Waals surface area (Å²) >= 11 is 0. The van der Waals surface area contributed by atoms with Crippen LogP contribution >= 0.6 is 0 Å². The molecule has 0 saturated carbocycles. The minimum atomic E-state index is -1.78. The van der Waals surface area contributed by atoms with Crippen molar-refractivity contribution in [2.75, 3.05) is 6.61 Å². The molecule has 102 valence electrons. The van der Waals surface area contributed by atoms with Crippen LogP contribution in [0.2, 0.25) is 24.7 Å². The van der Waals surface area contributed by atoms with Crippen LogP contribution in [-0.2, 0) is 4.43 Å². The fraction of sp³-hybridized carbons (Fsp3) is 0.600. The van der Waals surface area contributed by atoms with Crippen molar-refractivity contribution in [2.45, 2.75) is 52.4 Å². The van der Waals surface area contributed by atoms with E-state index in [1.165, 1.54) is 5.19 Å². The molecule has 0 aliphatic rings. The summed E-state index contributed by atoms with van der Waals surface area (Å²) in [5.41, 5.74) is 0. The fourth-order valence-corrected chi connectivity index (χ4v) is 16.9.